The quantitative estimate of drug-likeness (QED) is 0.942. The molecule has 2 aromatic rings. The van der Waals surface area contributed by atoms with Crippen molar-refractivity contribution in [2.45, 2.75) is 19.3 Å². The Bertz CT molecular complexity index is 724. The summed E-state index contributed by atoms with van der Waals surface area (Å²) in [5.41, 5.74) is 4.05. The number of anilines is 1. The molecule has 1 aliphatic rings. The number of amides is 1. The number of carbonyl (C=O) groups excluding carboxylic acids is 1. The van der Waals surface area contributed by atoms with Gasteiger partial charge in [-0.25, -0.2) is 0 Å². The summed E-state index contributed by atoms with van der Waals surface area (Å²) in [5, 5.41) is 2.99. The van der Waals surface area contributed by atoms with Crippen molar-refractivity contribution in [2.75, 3.05) is 19.5 Å². The fourth-order valence-electron chi connectivity index (χ4n) is 2.97. The van der Waals surface area contributed by atoms with Gasteiger partial charge >= 0.3 is 0 Å². The second-order valence-corrected chi connectivity index (χ2v) is 5.46. The van der Waals surface area contributed by atoms with Crippen LogP contribution in [0.5, 0.6) is 11.5 Å². The van der Waals surface area contributed by atoms with Gasteiger partial charge < -0.3 is 14.8 Å². The Morgan fingerprint density at radius 2 is 1.95 bits per heavy atom. The fraction of sp³-hybridized carbons (Fsp3) is 0.278. The lowest BCUT2D eigenvalue weighted by Gasteiger charge is -2.14. The Kier molecular flexibility index (Phi) is 3.75. The van der Waals surface area contributed by atoms with Gasteiger partial charge in [-0.15, -0.1) is 0 Å². The van der Waals surface area contributed by atoms with Crippen LogP contribution in [0, 0.1) is 6.92 Å². The van der Waals surface area contributed by atoms with E-state index in [2.05, 4.69) is 5.32 Å². The molecule has 0 spiro atoms. The number of fused-ring (bicyclic) bond motifs is 1. The van der Waals surface area contributed by atoms with E-state index in [1.54, 1.807) is 14.2 Å². The molecule has 0 aromatic heterocycles. The first-order valence-electron chi connectivity index (χ1n) is 7.25. The second-order valence-electron chi connectivity index (χ2n) is 5.46. The van der Waals surface area contributed by atoms with E-state index in [9.17, 15) is 4.79 Å². The molecular formula is C18H19NO3. The lowest BCUT2D eigenvalue weighted by Crippen LogP contribution is -2.14. The van der Waals surface area contributed by atoms with Crippen molar-refractivity contribution >= 4 is 11.6 Å². The summed E-state index contributed by atoms with van der Waals surface area (Å²) in [6, 6.07) is 11.7. The van der Waals surface area contributed by atoms with E-state index in [-0.39, 0.29) is 11.8 Å². The molecule has 4 heteroatoms. The molecule has 22 heavy (non-hydrogen) atoms. The third kappa shape index (κ3) is 2.41. The molecule has 1 aliphatic heterocycles. The molecule has 0 saturated carbocycles. The minimum Gasteiger partial charge on any atom is -0.497 e. The van der Waals surface area contributed by atoms with Crippen LogP contribution in [-0.4, -0.2) is 20.1 Å². The molecule has 1 amide bonds. The number of hydrogen-bond donors (Lipinski definition) is 1. The van der Waals surface area contributed by atoms with Crippen LogP contribution >= 0.6 is 0 Å². The number of nitrogens with one attached hydrogen (secondary N) is 1. The van der Waals surface area contributed by atoms with Crippen LogP contribution in [0.15, 0.2) is 36.4 Å². The highest BCUT2D eigenvalue weighted by Gasteiger charge is 2.32. The van der Waals surface area contributed by atoms with Crippen molar-refractivity contribution in [3.8, 4) is 11.5 Å². The van der Waals surface area contributed by atoms with Gasteiger partial charge in [0, 0.05) is 5.69 Å². The molecule has 1 heterocycles. The van der Waals surface area contributed by atoms with Gasteiger partial charge in [0.15, 0.2) is 0 Å². The van der Waals surface area contributed by atoms with Gasteiger partial charge in [-0.05, 0) is 48.2 Å². The van der Waals surface area contributed by atoms with E-state index in [0.717, 1.165) is 33.9 Å². The molecule has 2 aromatic carbocycles. The summed E-state index contributed by atoms with van der Waals surface area (Å²) in [4.78, 5) is 12.4. The van der Waals surface area contributed by atoms with E-state index in [1.165, 1.54) is 0 Å². The van der Waals surface area contributed by atoms with E-state index in [4.69, 9.17) is 9.47 Å². The van der Waals surface area contributed by atoms with Gasteiger partial charge in [0.2, 0.25) is 5.91 Å². The van der Waals surface area contributed by atoms with E-state index in [0.29, 0.717) is 6.42 Å². The number of benzene rings is 2. The molecule has 0 bridgehead atoms. The zero-order valence-electron chi connectivity index (χ0n) is 13.0. The highest BCUT2D eigenvalue weighted by Crippen LogP contribution is 2.38. The molecule has 4 nitrogen and oxygen atoms in total. The van der Waals surface area contributed by atoms with Crippen LogP contribution in [0.3, 0.4) is 0 Å². The number of methoxy groups -OCH3 is 2. The SMILES string of the molecule is COc1ccc(OC)c(C[C@@H]2C(=O)Nc3c(C)cccc32)c1. The van der Waals surface area contributed by atoms with Gasteiger partial charge in [-0.2, -0.15) is 0 Å². The van der Waals surface area contributed by atoms with Crippen molar-refractivity contribution in [2.24, 2.45) is 0 Å². The smallest absolute Gasteiger partial charge is 0.232 e. The highest BCUT2D eigenvalue weighted by molar-refractivity contribution is 6.03. The molecule has 3 rings (SSSR count). The first-order chi connectivity index (χ1) is 10.6. The molecule has 114 valence electrons. The Labute approximate surface area is 130 Å². The Morgan fingerprint density at radius 3 is 2.68 bits per heavy atom. The lowest BCUT2D eigenvalue weighted by atomic mass is 9.92. The van der Waals surface area contributed by atoms with Gasteiger partial charge in [0.05, 0.1) is 20.1 Å². The van der Waals surface area contributed by atoms with Gasteiger partial charge in [0.1, 0.15) is 11.5 Å². The third-order valence-corrected chi connectivity index (χ3v) is 4.16. The summed E-state index contributed by atoms with van der Waals surface area (Å²) >= 11 is 0. The van der Waals surface area contributed by atoms with Crippen molar-refractivity contribution in [1.82, 2.24) is 0 Å². The average Bonchev–Trinajstić information content (AvgIpc) is 2.85. The minimum atomic E-state index is -0.198. The zero-order valence-corrected chi connectivity index (χ0v) is 13.0. The largest absolute Gasteiger partial charge is 0.497 e. The summed E-state index contributed by atoms with van der Waals surface area (Å²) in [5.74, 6) is 1.37. The van der Waals surface area contributed by atoms with Crippen LogP contribution in [0.4, 0.5) is 5.69 Å². The molecule has 0 unspecified atom stereocenters. The number of ether oxygens (including phenoxy) is 2. The third-order valence-electron chi connectivity index (χ3n) is 4.16. The Hall–Kier alpha value is -2.49. The first-order valence-corrected chi connectivity index (χ1v) is 7.25. The number of rotatable bonds is 4. The van der Waals surface area contributed by atoms with Crippen LogP contribution in [0.2, 0.25) is 0 Å². The Morgan fingerprint density at radius 1 is 1.14 bits per heavy atom. The van der Waals surface area contributed by atoms with Crippen molar-refractivity contribution in [3.05, 3.63) is 53.1 Å². The lowest BCUT2D eigenvalue weighted by molar-refractivity contribution is -0.117. The molecule has 0 aliphatic carbocycles. The highest BCUT2D eigenvalue weighted by atomic mass is 16.5. The number of carbonyl (C=O) groups is 1. The van der Waals surface area contributed by atoms with Crippen LogP contribution in [0.25, 0.3) is 0 Å². The maximum Gasteiger partial charge on any atom is 0.232 e. The van der Waals surface area contributed by atoms with Crippen LogP contribution in [0.1, 0.15) is 22.6 Å². The standard InChI is InChI=1S/C18H19NO3/c1-11-5-4-6-14-15(18(20)19-17(11)14)10-12-9-13(21-2)7-8-16(12)22-3/h4-9,15H,10H2,1-3H3,(H,19,20)/t15-/m0/s1. The monoisotopic (exact) mass is 297 g/mol. The van der Waals surface area contributed by atoms with Crippen molar-refractivity contribution in [1.29, 1.82) is 0 Å². The normalized spacial score (nSPS) is 16.1. The second kappa shape index (κ2) is 5.72. The van der Waals surface area contributed by atoms with Gasteiger partial charge in [-0.3, -0.25) is 4.79 Å². The summed E-state index contributed by atoms with van der Waals surface area (Å²) in [6.07, 6.45) is 0.586. The summed E-state index contributed by atoms with van der Waals surface area (Å²) in [6.45, 7) is 2.01. The van der Waals surface area contributed by atoms with E-state index < -0.39 is 0 Å². The number of hydrogen-bond acceptors (Lipinski definition) is 3. The van der Waals surface area contributed by atoms with E-state index in [1.807, 2.05) is 43.3 Å². The molecule has 0 saturated heterocycles. The number of para-hydroxylation sites is 1. The van der Waals surface area contributed by atoms with Crippen molar-refractivity contribution < 1.29 is 14.3 Å². The summed E-state index contributed by atoms with van der Waals surface area (Å²) < 4.78 is 10.7. The maximum atomic E-state index is 12.4. The van der Waals surface area contributed by atoms with Crippen LogP contribution < -0.4 is 14.8 Å². The minimum absolute atomic E-state index is 0.0363. The molecule has 1 atom stereocenters. The first kappa shape index (κ1) is 14.4. The van der Waals surface area contributed by atoms with E-state index >= 15 is 0 Å². The van der Waals surface area contributed by atoms with Crippen molar-refractivity contribution in [3.63, 3.8) is 0 Å². The van der Waals surface area contributed by atoms with Gasteiger partial charge in [0.25, 0.3) is 0 Å². The Balaban J connectivity index is 1.98. The molecular weight excluding hydrogens is 278 g/mol. The van der Waals surface area contributed by atoms with Crippen LogP contribution in [-0.2, 0) is 11.2 Å². The fourth-order valence-corrected chi connectivity index (χ4v) is 2.97. The predicted octanol–water partition coefficient (Wildman–Crippen LogP) is 3.29. The number of aryl methyl sites for hydroxylation is 1. The predicted molar refractivity (Wildman–Crippen MR) is 85.8 cm³/mol. The zero-order chi connectivity index (χ0) is 15.7. The molecule has 1 N–H and O–H groups in total. The topological polar surface area (TPSA) is 47.6 Å². The summed E-state index contributed by atoms with van der Waals surface area (Å²) in [7, 11) is 3.27. The maximum absolute atomic E-state index is 12.4. The van der Waals surface area contributed by atoms with Gasteiger partial charge in [-0.1, -0.05) is 18.2 Å². The molecule has 0 radical (unpaired) electrons. The molecule has 0 fully saturated rings. The average molecular weight is 297 g/mol.